The van der Waals surface area contributed by atoms with Crippen LogP contribution in [-0.4, -0.2) is 5.11 Å². The average molecular weight is 463 g/mol. The van der Waals surface area contributed by atoms with Crippen LogP contribution in [0.5, 0.6) is 0 Å². The van der Waals surface area contributed by atoms with Gasteiger partial charge < -0.3 is 5.11 Å². The number of aliphatic hydroxyl groups is 1. The summed E-state index contributed by atoms with van der Waals surface area (Å²) in [6.07, 6.45) is -1.35. The molecule has 0 aliphatic heterocycles. The largest absolute Gasteiger partial charge is 0.383 e. The normalized spacial score (nSPS) is 12.8. The molecule has 18 heavy (non-hydrogen) atoms. The summed E-state index contributed by atoms with van der Waals surface area (Å²) in [6, 6.07) is 3.87. The number of halogens is 5. The maximum absolute atomic E-state index is 13.7. The van der Waals surface area contributed by atoms with Crippen molar-refractivity contribution in [3.63, 3.8) is 0 Å². The van der Waals surface area contributed by atoms with Gasteiger partial charge in [-0.1, -0.05) is 15.9 Å². The van der Waals surface area contributed by atoms with E-state index in [1.54, 1.807) is 6.07 Å². The summed E-state index contributed by atoms with van der Waals surface area (Å²) in [4.78, 5) is 0. The third-order valence-electron chi connectivity index (χ3n) is 2.29. The number of thiophene rings is 1. The molecular formula is C11H5Br3F2OS. The first kappa shape index (κ1) is 14.6. The lowest BCUT2D eigenvalue weighted by Crippen LogP contribution is -2.05. The molecular weight excluding hydrogens is 458 g/mol. The van der Waals surface area contributed by atoms with Crippen molar-refractivity contribution in [1.82, 2.24) is 0 Å². The van der Waals surface area contributed by atoms with Crippen LogP contribution in [0, 0.1) is 11.6 Å². The first-order chi connectivity index (χ1) is 8.40. The lowest BCUT2D eigenvalue weighted by molar-refractivity contribution is 0.209. The number of aliphatic hydroxyl groups excluding tert-OH is 1. The van der Waals surface area contributed by atoms with E-state index in [0.29, 0.717) is 13.8 Å². The molecule has 0 aliphatic carbocycles. The lowest BCUT2D eigenvalue weighted by atomic mass is 10.0. The molecule has 7 heteroatoms. The molecule has 0 saturated heterocycles. The van der Waals surface area contributed by atoms with Crippen LogP contribution < -0.4 is 0 Å². The van der Waals surface area contributed by atoms with Gasteiger partial charge in [0.1, 0.15) is 17.7 Å². The number of benzene rings is 1. The maximum atomic E-state index is 13.7. The van der Waals surface area contributed by atoms with Crippen LogP contribution in [0.3, 0.4) is 0 Å². The third kappa shape index (κ3) is 2.85. The SMILES string of the molecule is OC(c1cc(Br)sc1Br)c1c(F)cc(Br)cc1F. The predicted molar refractivity (Wildman–Crippen MR) is 77.8 cm³/mol. The zero-order valence-electron chi connectivity index (χ0n) is 8.55. The Hall–Kier alpha value is 0.180. The molecule has 96 valence electrons. The highest BCUT2D eigenvalue weighted by molar-refractivity contribution is 9.12. The molecule has 0 spiro atoms. The Morgan fingerprint density at radius 2 is 1.61 bits per heavy atom. The Labute approximate surface area is 131 Å². The zero-order valence-corrected chi connectivity index (χ0v) is 14.1. The van der Waals surface area contributed by atoms with Crippen molar-refractivity contribution in [1.29, 1.82) is 0 Å². The fourth-order valence-electron chi connectivity index (χ4n) is 1.51. The molecule has 0 aliphatic rings. The van der Waals surface area contributed by atoms with Gasteiger partial charge in [-0.25, -0.2) is 8.78 Å². The first-order valence-electron chi connectivity index (χ1n) is 4.67. The van der Waals surface area contributed by atoms with Gasteiger partial charge in [-0.05, 0) is 50.1 Å². The average Bonchev–Trinajstić information content (AvgIpc) is 2.56. The standard InChI is InChI=1S/C11H5Br3F2OS/c12-4-1-6(15)9(7(16)2-4)10(17)5-3-8(13)18-11(5)14/h1-3,10,17H. The second-order valence-corrected chi connectivity index (χ2v) is 8.13. The minimum absolute atomic E-state index is 0.291. The summed E-state index contributed by atoms with van der Waals surface area (Å²) in [5.41, 5.74) is 0.0659. The summed E-state index contributed by atoms with van der Waals surface area (Å²) >= 11 is 10.8. The third-order valence-corrected chi connectivity index (χ3v) is 5.14. The summed E-state index contributed by atoms with van der Waals surface area (Å²) in [6.45, 7) is 0. The molecule has 1 aromatic carbocycles. The molecule has 1 atom stereocenters. The van der Waals surface area contributed by atoms with Crippen LogP contribution in [0.1, 0.15) is 17.2 Å². The summed E-state index contributed by atoms with van der Waals surface area (Å²) in [7, 11) is 0. The molecule has 1 nitrogen and oxygen atoms in total. The molecule has 0 amide bonds. The van der Waals surface area contributed by atoms with Crippen LogP contribution in [-0.2, 0) is 0 Å². The van der Waals surface area contributed by atoms with Crippen LogP contribution >= 0.6 is 59.1 Å². The molecule has 1 unspecified atom stereocenters. The molecule has 0 radical (unpaired) electrons. The van der Waals surface area contributed by atoms with Gasteiger partial charge in [0.25, 0.3) is 0 Å². The van der Waals surface area contributed by atoms with Crippen molar-refractivity contribution in [2.45, 2.75) is 6.10 Å². The smallest absolute Gasteiger partial charge is 0.133 e. The Morgan fingerprint density at radius 3 is 2.06 bits per heavy atom. The van der Waals surface area contributed by atoms with Gasteiger partial charge in [0.15, 0.2) is 0 Å². The van der Waals surface area contributed by atoms with E-state index in [1.165, 1.54) is 11.3 Å². The molecule has 1 heterocycles. The van der Waals surface area contributed by atoms with Crippen molar-refractivity contribution in [2.75, 3.05) is 0 Å². The van der Waals surface area contributed by atoms with Crippen molar-refractivity contribution in [2.24, 2.45) is 0 Å². The Kier molecular flexibility index (Phi) is 4.59. The van der Waals surface area contributed by atoms with E-state index < -0.39 is 17.7 Å². The van der Waals surface area contributed by atoms with Crippen molar-refractivity contribution in [3.8, 4) is 0 Å². The number of hydrogen-bond acceptors (Lipinski definition) is 2. The topological polar surface area (TPSA) is 20.2 Å². The molecule has 1 N–H and O–H groups in total. The van der Waals surface area contributed by atoms with Gasteiger partial charge in [-0.3, -0.25) is 0 Å². The van der Waals surface area contributed by atoms with Crippen LogP contribution in [0.4, 0.5) is 8.78 Å². The number of hydrogen-bond donors (Lipinski definition) is 1. The Bertz CT molecular complexity index is 577. The highest BCUT2D eigenvalue weighted by atomic mass is 79.9. The minimum atomic E-state index is -1.35. The second-order valence-electron chi connectivity index (χ2n) is 3.47. The van der Waals surface area contributed by atoms with Crippen LogP contribution in [0.15, 0.2) is 30.2 Å². The number of rotatable bonds is 2. The van der Waals surface area contributed by atoms with Gasteiger partial charge in [0.05, 0.1) is 13.1 Å². The fraction of sp³-hybridized carbons (Fsp3) is 0.0909. The molecule has 0 fully saturated rings. The molecule has 2 rings (SSSR count). The molecule has 0 bridgehead atoms. The van der Waals surface area contributed by atoms with E-state index >= 15 is 0 Å². The minimum Gasteiger partial charge on any atom is -0.383 e. The van der Waals surface area contributed by atoms with E-state index in [4.69, 9.17) is 0 Å². The predicted octanol–water partition coefficient (Wildman–Crippen LogP) is 5.40. The summed E-state index contributed by atoms with van der Waals surface area (Å²) in [5, 5.41) is 10.1. The molecule has 1 aromatic heterocycles. The van der Waals surface area contributed by atoms with Crippen LogP contribution in [0.2, 0.25) is 0 Å². The van der Waals surface area contributed by atoms with Gasteiger partial charge in [-0.15, -0.1) is 11.3 Å². The van der Waals surface area contributed by atoms with Crippen LogP contribution in [0.25, 0.3) is 0 Å². The van der Waals surface area contributed by atoms with Gasteiger partial charge in [0.2, 0.25) is 0 Å². The van der Waals surface area contributed by atoms with Gasteiger partial charge in [0, 0.05) is 10.0 Å². The van der Waals surface area contributed by atoms with E-state index in [2.05, 4.69) is 47.8 Å². The molecule has 0 saturated carbocycles. The van der Waals surface area contributed by atoms with Gasteiger partial charge in [-0.2, -0.15) is 0 Å². The highest BCUT2D eigenvalue weighted by Crippen LogP contribution is 2.39. The van der Waals surface area contributed by atoms with E-state index in [-0.39, 0.29) is 5.56 Å². The van der Waals surface area contributed by atoms with E-state index in [1.807, 2.05) is 0 Å². The Balaban J connectivity index is 2.52. The van der Waals surface area contributed by atoms with Crippen molar-refractivity contribution < 1.29 is 13.9 Å². The first-order valence-corrected chi connectivity index (χ1v) is 7.87. The van der Waals surface area contributed by atoms with Gasteiger partial charge >= 0.3 is 0 Å². The molecule has 2 aromatic rings. The summed E-state index contributed by atoms with van der Waals surface area (Å²) < 4.78 is 29.1. The summed E-state index contributed by atoms with van der Waals surface area (Å²) in [5.74, 6) is -1.58. The monoisotopic (exact) mass is 460 g/mol. The van der Waals surface area contributed by atoms with E-state index in [0.717, 1.165) is 15.9 Å². The lowest BCUT2D eigenvalue weighted by Gasteiger charge is -2.12. The van der Waals surface area contributed by atoms with Crippen molar-refractivity contribution >= 4 is 59.1 Å². The van der Waals surface area contributed by atoms with Crippen molar-refractivity contribution in [3.05, 3.63) is 53.0 Å². The highest BCUT2D eigenvalue weighted by Gasteiger charge is 2.23. The quantitative estimate of drug-likeness (QED) is 0.634. The Morgan fingerprint density at radius 1 is 1.06 bits per heavy atom. The maximum Gasteiger partial charge on any atom is 0.133 e. The van der Waals surface area contributed by atoms with E-state index in [9.17, 15) is 13.9 Å². The zero-order chi connectivity index (χ0) is 13.4. The second kappa shape index (κ2) is 5.66. The fourth-order valence-corrected chi connectivity index (χ4v) is 4.80.